The summed E-state index contributed by atoms with van der Waals surface area (Å²) in [5.41, 5.74) is 3.77. The van der Waals surface area contributed by atoms with Crippen molar-refractivity contribution in [2.45, 2.75) is 132 Å². The lowest BCUT2D eigenvalue weighted by atomic mass is 9.32. The molecule has 42 heavy (non-hydrogen) atoms. The Morgan fingerprint density at radius 1 is 0.786 bits per heavy atom. The van der Waals surface area contributed by atoms with Crippen LogP contribution in [0.3, 0.4) is 0 Å². The molecule has 3 nitrogen and oxygen atoms in total. The van der Waals surface area contributed by atoms with Gasteiger partial charge in [-0.1, -0.05) is 59.2 Å². The number of allylic oxidation sites excluding steroid dienone is 2. The van der Waals surface area contributed by atoms with E-state index in [2.05, 4.69) is 52.8 Å². The van der Waals surface area contributed by atoms with Crippen LogP contribution < -0.4 is 0 Å². The van der Waals surface area contributed by atoms with E-state index in [0.717, 1.165) is 19.3 Å². The van der Waals surface area contributed by atoms with Crippen molar-refractivity contribution in [2.75, 3.05) is 0 Å². The van der Waals surface area contributed by atoms with Crippen molar-refractivity contribution in [3.8, 4) is 0 Å². The maximum atomic E-state index is 13.1. The number of Topliss-reactive ketones (excluding diaryl/α,β-unsaturated/α-hetero) is 1. The minimum Gasteiger partial charge on any atom is -0.456 e. The molecular weight excluding hydrogens is 516 g/mol. The molecule has 4 fully saturated rings. The van der Waals surface area contributed by atoms with Crippen LogP contribution in [0.1, 0.15) is 142 Å². The highest BCUT2D eigenvalue weighted by atomic mass is 16.6. The van der Waals surface area contributed by atoms with Crippen molar-refractivity contribution in [1.29, 1.82) is 0 Å². The lowest BCUT2D eigenvalue weighted by Crippen LogP contribution is -2.65. The molecule has 0 saturated heterocycles. The van der Waals surface area contributed by atoms with Gasteiger partial charge in [0.1, 0.15) is 11.4 Å². The first kappa shape index (κ1) is 30.1. The third kappa shape index (κ3) is 4.10. The molecule has 2 unspecified atom stereocenters. The average molecular weight is 573 g/mol. The van der Waals surface area contributed by atoms with E-state index in [1.54, 1.807) is 0 Å². The van der Waals surface area contributed by atoms with Crippen molar-refractivity contribution < 1.29 is 14.3 Å². The molecule has 6 rings (SSSR count). The zero-order valence-electron chi connectivity index (χ0n) is 28.0. The van der Waals surface area contributed by atoms with Crippen LogP contribution in [0.4, 0.5) is 0 Å². The minimum atomic E-state index is -0.495. The Kier molecular flexibility index (Phi) is 6.85. The standard InChI is InChI=1S/C39H56O3/c1-25(40)39-20-10-11-30(39)29-16-17-32-36(7)21-18-28(26-12-14-27(15-13-26)33(41)42-34(2,3)4)35(5,6)31(36)19-22-38(32,9)37(29,8)23-24-39/h12-15,18,29-32H,10-11,16-17,19-24H2,1-9H3/t29-,30-,31?,32?,36+,37-,38-,39-/m1/s1. The first-order chi connectivity index (χ1) is 19.5. The Labute approximate surface area is 255 Å². The van der Waals surface area contributed by atoms with Crippen LogP contribution in [0.15, 0.2) is 30.3 Å². The first-order valence-corrected chi connectivity index (χ1v) is 17.1. The summed E-state index contributed by atoms with van der Waals surface area (Å²) in [6.07, 6.45) is 14.9. The van der Waals surface area contributed by atoms with Crippen LogP contribution in [0.2, 0.25) is 0 Å². The fourth-order valence-electron chi connectivity index (χ4n) is 12.4. The maximum absolute atomic E-state index is 13.1. The summed E-state index contributed by atoms with van der Waals surface area (Å²) < 4.78 is 5.61. The van der Waals surface area contributed by atoms with Gasteiger partial charge in [-0.2, -0.15) is 0 Å². The number of rotatable bonds is 3. The molecule has 5 aliphatic rings. The zero-order valence-corrected chi connectivity index (χ0v) is 28.0. The Balaban J connectivity index is 1.30. The number of carbonyl (C=O) groups is 2. The molecule has 5 aliphatic carbocycles. The van der Waals surface area contributed by atoms with Crippen molar-refractivity contribution in [3.05, 3.63) is 41.5 Å². The lowest BCUT2D eigenvalue weighted by molar-refractivity contribution is -0.221. The molecule has 8 atom stereocenters. The summed E-state index contributed by atoms with van der Waals surface area (Å²) in [5.74, 6) is 2.87. The number of fused-ring (bicyclic) bond motifs is 7. The van der Waals surface area contributed by atoms with E-state index in [1.807, 2.05) is 39.8 Å². The van der Waals surface area contributed by atoms with E-state index >= 15 is 0 Å². The van der Waals surface area contributed by atoms with Crippen LogP contribution >= 0.6 is 0 Å². The van der Waals surface area contributed by atoms with Gasteiger partial charge in [-0.15, -0.1) is 0 Å². The van der Waals surface area contributed by atoms with Crippen molar-refractivity contribution >= 4 is 17.3 Å². The molecule has 1 aromatic rings. The second-order valence-electron chi connectivity index (χ2n) is 17.5. The van der Waals surface area contributed by atoms with Gasteiger partial charge in [-0.05, 0) is 154 Å². The smallest absolute Gasteiger partial charge is 0.338 e. The van der Waals surface area contributed by atoms with Gasteiger partial charge in [0.2, 0.25) is 0 Å². The Hall–Kier alpha value is -1.90. The van der Waals surface area contributed by atoms with Crippen molar-refractivity contribution in [3.63, 3.8) is 0 Å². The van der Waals surface area contributed by atoms with Crippen molar-refractivity contribution in [2.24, 2.45) is 50.7 Å². The molecular formula is C39H56O3. The molecule has 0 heterocycles. The van der Waals surface area contributed by atoms with Gasteiger partial charge in [0.15, 0.2) is 0 Å². The highest BCUT2D eigenvalue weighted by Crippen LogP contribution is 2.77. The maximum Gasteiger partial charge on any atom is 0.338 e. The second kappa shape index (κ2) is 9.55. The summed E-state index contributed by atoms with van der Waals surface area (Å²) >= 11 is 0. The Morgan fingerprint density at radius 2 is 1.48 bits per heavy atom. The van der Waals surface area contributed by atoms with E-state index < -0.39 is 5.60 Å². The van der Waals surface area contributed by atoms with E-state index in [0.29, 0.717) is 45.8 Å². The molecule has 1 aromatic carbocycles. The number of benzene rings is 1. The molecule has 0 aromatic heterocycles. The summed E-state index contributed by atoms with van der Waals surface area (Å²) in [5, 5.41) is 0. The fourth-order valence-corrected chi connectivity index (χ4v) is 12.4. The molecule has 0 bridgehead atoms. The molecule has 0 spiro atoms. The largest absolute Gasteiger partial charge is 0.456 e. The number of ketones is 1. The number of esters is 1. The number of carbonyl (C=O) groups excluding carboxylic acids is 2. The first-order valence-electron chi connectivity index (χ1n) is 17.1. The van der Waals surface area contributed by atoms with Gasteiger partial charge >= 0.3 is 5.97 Å². The predicted octanol–water partition coefficient (Wildman–Crippen LogP) is 10.1. The minimum absolute atomic E-state index is 0.0159. The van der Waals surface area contributed by atoms with Gasteiger partial charge < -0.3 is 4.74 Å². The lowest BCUT2D eigenvalue weighted by Gasteiger charge is -2.72. The van der Waals surface area contributed by atoms with Crippen LogP contribution in [0.5, 0.6) is 0 Å². The highest BCUT2D eigenvalue weighted by Gasteiger charge is 2.69. The van der Waals surface area contributed by atoms with Crippen LogP contribution in [0, 0.1) is 50.7 Å². The third-order valence-electron chi connectivity index (χ3n) is 14.5. The summed E-state index contributed by atoms with van der Waals surface area (Å²) in [6.45, 7) is 20.6. The van der Waals surface area contributed by atoms with E-state index in [-0.39, 0.29) is 22.2 Å². The molecule has 0 N–H and O–H groups in total. The zero-order chi connectivity index (χ0) is 30.5. The van der Waals surface area contributed by atoms with E-state index in [1.165, 1.54) is 56.1 Å². The second-order valence-corrected chi connectivity index (χ2v) is 17.5. The quantitative estimate of drug-likeness (QED) is 0.339. The van der Waals surface area contributed by atoms with Crippen LogP contribution in [-0.2, 0) is 9.53 Å². The van der Waals surface area contributed by atoms with E-state index in [4.69, 9.17) is 4.74 Å². The van der Waals surface area contributed by atoms with Crippen LogP contribution in [0.25, 0.3) is 5.57 Å². The monoisotopic (exact) mass is 572 g/mol. The van der Waals surface area contributed by atoms with E-state index in [9.17, 15) is 9.59 Å². The van der Waals surface area contributed by atoms with Crippen molar-refractivity contribution in [1.82, 2.24) is 0 Å². The summed E-state index contributed by atoms with van der Waals surface area (Å²) in [4.78, 5) is 25.7. The van der Waals surface area contributed by atoms with Gasteiger partial charge in [0.05, 0.1) is 5.56 Å². The molecule has 0 amide bonds. The molecule has 0 radical (unpaired) electrons. The molecule has 0 aliphatic heterocycles. The molecule has 3 heteroatoms. The van der Waals surface area contributed by atoms with Gasteiger partial charge in [-0.3, -0.25) is 4.79 Å². The Bertz CT molecular complexity index is 1300. The number of ether oxygens (including phenoxy) is 1. The normalized spacial score (nSPS) is 42.4. The van der Waals surface area contributed by atoms with Crippen LogP contribution in [-0.4, -0.2) is 17.4 Å². The van der Waals surface area contributed by atoms with Gasteiger partial charge in [-0.25, -0.2) is 4.79 Å². The van der Waals surface area contributed by atoms with Gasteiger partial charge in [0, 0.05) is 5.41 Å². The Morgan fingerprint density at radius 3 is 2.12 bits per heavy atom. The number of hydrogen-bond donors (Lipinski definition) is 0. The van der Waals surface area contributed by atoms with Gasteiger partial charge in [0.25, 0.3) is 0 Å². The number of hydrogen-bond acceptors (Lipinski definition) is 3. The topological polar surface area (TPSA) is 43.4 Å². The molecule has 4 saturated carbocycles. The summed E-state index contributed by atoms with van der Waals surface area (Å²) in [7, 11) is 0. The predicted molar refractivity (Wildman–Crippen MR) is 171 cm³/mol. The average Bonchev–Trinajstić information content (AvgIpc) is 3.34. The third-order valence-corrected chi connectivity index (χ3v) is 14.5. The highest BCUT2D eigenvalue weighted by molar-refractivity contribution is 5.90. The SMILES string of the molecule is CC(=O)[C@]12CCC[C@@H]1[C@H]1CCC3[C@@]4(C)CC=C(c5ccc(C(=O)OC(C)(C)C)cc5)C(C)(C)C4CC[C@@]3(C)[C@]1(C)CC2. The summed E-state index contributed by atoms with van der Waals surface area (Å²) in [6, 6.07) is 8.17. The fraction of sp³-hybridized carbons (Fsp3) is 0.744. The molecule has 230 valence electrons.